The minimum absolute atomic E-state index is 0.124. The molecule has 3 aromatic rings. The summed E-state index contributed by atoms with van der Waals surface area (Å²) in [6.07, 6.45) is 1.99. The number of thioether (sulfide) groups is 1. The first kappa shape index (κ1) is 17.2. The number of halogens is 1. The second-order valence-electron chi connectivity index (χ2n) is 5.55. The number of nitrogens with one attached hydrogen (secondary N) is 1. The number of hydrogen-bond acceptors (Lipinski definition) is 4. The molecule has 0 fully saturated rings. The number of benzene rings is 2. The Kier molecular flexibility index (Phi) is 4.85. The predicted molar refractivity (Wildman–Crippen MR) is 98.6 cm³/mol. The largest absolute Gasteiger partial charge is 0.320 e. The summed E-state index contributed by atoms with van der Waals surface area (Å²) in [6, 6.07) is 11.2. The molecule has 0 saturated heterocycles. The summed E-state index contributed by atoms with van der Waals surface area (Å²) in [4.78, 5) is 25.0. The second-order valence-corrected chi connectivity index (χ2v) is 6.42. The molecule has 128 valence electrons. The fourth-order valence-corrected chi connectivity index (χ4v) is 3.11. The van der Waals surface area contributed by atoms with Gasteiger partial charge in [0.2, 0.25) is 5.43 Å². The summed E-state index contributed by atoms with van der Waals surface area (Å²) in [5.74, 6) is -0.334. The van der Waals surface area contributed by atoms with Crippen molar-refractivity contribution in [1.29, 1.82) is 0 Å². The number of anilines is 1. The molecule has 0 atom stereocenters. The van der Waals surface area contributed by atoms with Gasteiger partial charge in [-0.05, 0) is 42.2 Å². The maximum atomic E-state index is 13.5. The number of carbonyl (C=O) groups excluding carboxylic acids is 1. The number of amides is 1. The minimum atomic E-state index is -0.618. The monoisotopic (exact) mass is 357 g/mol. The van der Waals surface area contributed by atoms with Crippen LogP contribution in [0.5, 0.6) is 0 Å². The highest BCUT2D eigenvalue weighted by Crippen LogP contribution is 2.16. The Morgan fingerprint density at radius 1 is 1.28 bits per heavy atom. The van der Waals surface area contributed by atoms with Crippen LogP contribution in [0.2, 0.25) is 0 Å². The van der Waals surface area contributed by atoms with Crippen LogP contribution in [0.4, 0.5) is 10.1 Å². The lowest BCUT2D eigenvalue weighted by Crippen LogP contribution is -2.26. The van der Waals surface area contributed by atoms with Crippen LogP contribution in [-0.4, -0.2) is 21.9 Å². The Morgan fingerprint density at radius 3 is 2.84 bits per heavy atom. The van der Waals surface area contributed by atoms with Gasteiger partial charge in [-0.25, -0.2) is 4.39 Å². The molecule has 0 aliphatic rings. The first-order valence-corrected chi connectivity index (χ1v) is 8.95. The Hall–Kier alpha value is -2.67. The molecule has 1 N–H and O–H groups in total. The Morgan fingerprint density at radius 2 is 2.08 bits per heavy atom. The topological polar surface area (TPSA) is 64.0 Å². The van der Waals surface area contributed by atoms with E-state index in [0.717, 1.165) is 17.4 Å². The highest BCUT2D eigenvalue weighted by molar-refractivity contribution is 7.97. The zero-order valence-electron chi connectivity index (χ0n) is 13.7. The quantitative estimate of drug-likeness (QED) is 0.779. The molecule has 2 aromatic carbocycles. The summed E-state index contributed by atoms with van der Waals surface area (Å²) in [5.41, 5.74) is 1.25. The van der Waals surface area contributed by atoms with Crippen molar-refractivity contribution in [1.82, 2.24) is 9.78 Å². The van der Waals surface area contributed by atoms with Crippen molar-refractivity contribution in [2.45, 2.75) is 5.75 Å². The van der Waals surface area contributed by atoms with E-state index in [0.29, 0.717) is 11.2 Å². The third-order valence-electron chi connectivity index (χ3n) is 3.73. The van der Waals surface area contributed by atoms with Gasteiger partial charge < -0.3 is 5.32 Å². The average molecular weight is 357 g/mol. The Balaban J connectivity index is 1.99. The molecule has 25 heavy (non-hydrogen) atoms. The lowest BCUT2D eigenvalue weighted by atomic mass is 10.2. The zero-order valence-corrected chi connectivity index (χ0v) is 14.6. The van der Waals surface area contributed by atoms with Crippen molar-refractivity contribution in [3.8, 4) is 0 Å². The lowest BCUT2D eigenvalue weighted by molar-refractivity contribution is 0.101. The van der Waals surface area contributed by atoms with Crippen molar-refractivity contribution >= 4 is 34.3 Å². The van der Waals surface area contributed by atoms with E-state index in [-0.39, 0.29) is 11.1 Å². The molecule has 0 unspecified atom stereocenters. The number of rotatable bonds is 4. The third kappa shape index (κ3) is 3.56. The van der Waals surface area contributed by atoms with Gasteiger partial charge >= 0.3 is 0 Å². The second kappa shape index (κ2) is 7.06. The third-order valence-corrected chi connectivity index (χ3v) is 4.35. The first-order valence-electron chi connectivity index (χ1n) is 7.55. The van der Waals surface area contributed by atoms with Gasteiger partial charge in [-0.15, -0.1) is 0 Å². The van der Waals surface area contributed by atoms with Crippen LogP contribution in [0.15, 0.2) is 47.3 Å². The molecule has 0 radical (unpaired) electrons. The number of carbonyl (C=O) groups is 1. The van der Waals surface area contributed by atoms with E-state index in [1.165, 1.54) is 16.8 Å². The number of hydrogen-bond donors (Lipinski definition) is 1. The molecule has 7 heteroatoms. The van der Waals surface area contributed by atoms with Crippen LogP contribution < -0.4 is 10.7 Å². The number of nitrogens with zero attached hydrogens (tertiary/aromatic N) is 2. The maximum Gasteiger partial charge on any atom is 0.280 e. The van der Waals surface area contributed by atoms with Gasteiger partial charge in [0.15, 0.2) is 5.69 Å². The van der Waals surface area contributed by atoms with Gasteiger partial charge in [0, 0.05) is 18.5 Å². The number of aromatic nitrogens is 2. The van der Waals surface area contributed by atoms with Gasteiger partial charge in [0.25, 0.3) is 5.91 Å². The van der Waals surface area contributed by atoms with E-state index < -0.39 is 17.2 Å². The Labute approximate surface area is 147 Å². The molecule has 1 amide bonds. The van der Waals surface area contributed by atoms with Crippen LogP contribution in [0.1, 0.15) is 16.1 Å². The molecule has 1 aromatic heterocycles. The number of aryl methyl sites for hydroxylation is 1. The van der Waals surface area contributed by atoms with E-state index in [9.17, 15) is 14.0 Å². The smallest absolute Gasteiger partial charge is 0.280 e. The van der Waals surface area contributed by atoms with E-state index in [1.807, 2.05) is 24.5 Å². The molecule has 5 nitrogen and oxygen atoms in total. The lowest BCUT2D eigenvalue weighted by Gasteiger charge is -2.09. The summed E-state index contributed by atoms with van der Waals surface area (Å²) < 4.78 is 14.9. The standard InChI is InChI=1S/C18H16FN3O2S/c1-22-15-7-6-12(19)9-14(15)17(23)16(21-22)18(24)20-13-5-3-4-11(8-13)10-25-2/h3-9H,10H2,1-2H3,(H,20,24). The molecular formula is C18H16FN3O2S. The molecule has 0 aliphatic carbocycles. The van der Waals surface area contributed by atoms with Crippen LogP contribution >= 0.6 is 11.8 Å². The molecular weight excluding hydrogens is 341 g/mol. The first-order chi connectivity index (χ1) is 12.0. The molecule has 3 rings (SSSR count). The van der Waals surface area contributed by atoms with Crippen molar-refractivity contribution in [3.63, 3.8) is 0 Å². The van der Waals surface area contributed by atoms with Crippen LogP contribution in [0.25, 0.3) is 10.9 Å². The van der Waals surface area contributed by atoms with Crippen molar-refractivity contribution in [2.75, 3.05) is 11.6 Å². The van der Waals surface area contributed by atoms with E-state index in [2.05, 4.69) is 10.4 Å². The van der Waals surface area contributed by atoms with Gasteiger partial charge in [-0.1, -0.05) is 12.1 Å². The van der Waals surface area contributed by atoms with Gasteiger partial charge in [-0.2, -0.15) is 16.9 Å². The van der Waals surface area contributed by atoms with E-state index in [4.69, 9.17) is 0 Å². The van der Waals surface area contributed by atoms with Gasteiger partial charge in [0.05, 0.1) is 10.9 Å². The van der Waals surface area contributed by atoms with Crippen LogP contribution in [0, 0.1) is 5.82 Å². The zero-order chi connectivity index (χ0) is 18.0. The summed E-state index contributed by atoms with van der Waals surface area (Å²) in [5, 5.41) is 6.86. The molecule has 0 aliphatic heterocycles. The fourth-order valence-electron chi connectivity index (χ4n) is 2.59. The van der Waals surface area contributed by atoms with E-state index >= 15 is 0 Å². The summed E-state index contributed by atoms with van der Waals surface area (Å²) in [6.45, 7) is 0. The predicted octanol–water partition coefficient (Wildman–Crippen LogP) is 3.19. The fraction of sp³-hybridized carbons (Fsp3) is 0.167. The van der Waals surface area contributed by atoms with Gasteiger partial charge in [-0.3, -0.25) is 14.3 Å². The van der Waals surface area contributed by atoms with Crippen molar-refractivity contribution in [3.05, 3.63) is 69.8 Å². The molecule has 0 saturated carbocycles. The van der Waals surface area contributed by atoms with Crippen molar-refractivity contribution < 1.29 is 9.18 Å². The van der Waals surface area contributed by atoms with E-state index in [1.54, 1.807) is 24.9 Å². The summed E-state index contributed by atoms with van der Waals surface area (Å²) >= 11 is 1.67. The molecule has 0 spiro atoms. The SMILES string of the molecule is CSCc1cccc(NC(=O)c2nn(C)c3ccc(F)cc3c2=O)c1. The highest BCUT2D eigenvalue weighted by atomic mass is 32.2. The highest BCUT2D eigenvalue weighted by Gasteiger charge is 2.17. The summed E-state index contributed by atoms with van der Waals surface area (Å²) in [7, 11) is 1.61. The molecule has 0 bridgehead atoms. The number of fused-ring (bicyclic) bond motifs is 1. The van der Waals surface area contributed by atoms with Gasteiger partial charge in [0.1, 0.15) is 5.82 Å². The average Bonchev–Trinajstić information content (AvgIpc) is 2.58. The minimum Gasteiger partial charge on any atom is -0.320 e. The molecule has 1 heterocycles. The normalized spacial score (nSPS) is 10.8. The van der Waals surface area contributed by atoms with Crippen LogP contribution in [0.3, 0.4) is 0 Å². The van der Waals surface area contributed by atoms with Crippen LogP contribution in [-0.2, 0) is 12.8 Å². The maximum absolute atomic E-state index is 13.5. The Bertz CT molecular complexity index is 1020. The van der Waals surface area contributed by atoms with Crippen molar-refractivity contribution in [2.24, 2.45) is 7.05 Å².